The van der Waals surface area contributed by atoms with Gasteiger partial charge in [0.2, 0.25) is 0 Å². The molecule has 0 heterocycles. The summed E-state index contributed by atoms with van der Waals surface area (Å²) >= 11 is 0. The predicted molar refractivity (Wildman–Crippen MR) is 106 cm³/mol. The molecule has 1 aliphatic rings. The molecule has 0 amide bonds. The van der Waals surface area contributed by atoms with Gasteiger partial charge in [-0.1, -0.05) is 85.8 Å². The third-order valence-electron chi connectivity index (χ3n) is 5.53. The minimum Gasteiger partial charge on any atom is -0.461 e. The van der Waals surface area contributed by atoms with Gasteiger partial charge in [-0.3, -0.25) is 4.79 Å². The van der Waals surface area contributed by atoms with E-state index in [2.05, 4.69) is 49.4 Å². The average molecular weight is 351 g/mol. The number of hydrogen-bond acceptors (Lipinski definition) is 2. The van der Waals surface area contributed by atoms with Crippen molar-refractivity contribution >= 4 is 5.97 Å². The molecule has 0 atom stereocenters. The van der Waals surface area contributed by atoms with Gasteiger partial charge in [0.1, 0.15) is 6.61 Å². The van der Waals surface area contributed by atoms with Crippen molar-refractivity contribution in [3.8, 4) is 0 Å². The second-order valence-corrected chi connectivity index (χ2v) is 7.71. The summed E-state index contributed by atoms with van der Waals surface area (Å²) in [5, 5.41) is 0. The number of esters is 1. The number of rotatable bonds is 5. The van der Waals surface area contributed by atoms with E-state index in [0.29, 0.717) is 6.61 Å². The molecule has 3 rings (SSSR count). The summed E-state index contributed by atoms with van der Waals surface area (Å²) < 4.78 is 5.59. The zero-order chi connectivity index (χ0) is 18.2. The van der Waals surface area contributed by atoms with Gasteiger partial charge in [0.15, 0.2) is 0 Å². The third-order valence-corrected chi connectivity index (χ3v) is 5.53. The zero-order valence-electron chi connectivity index (χ0n) is 15.8. The van der Waals surface area contributed by atoms with E-state index in [0.717, 1.165) is 37.2 Å². The van der Waals surface area contributed by atoms with Gasteiger partial charge in [-0.15, -0.1) is 0 Å². The summed E-state index contributed by atoms with van der Waals surface area (Å²) in [6.07, 6.45) is 7.80. The Hall–Kier alpha value is -2.09. The van der Waals surface area contributed by atoms with E-state index in [4.69, 9.17) is 4.74 Å². The average Bonchev–Trinajstić information content (AvgIpc) is 2.64. The van der Waals surface area contributed by atoms with Crippen molar-refractivity contribution in [3.05, 3.63) is 71.3 Å². The Bertz CT molecular complexity index is 665. The van der Waals surface area contributed by atoms with Gasteiger partial charge in [-0.05, 0) is 43.2 Å². The van der Waals surface area contributed by atoms with Crippen LogP contribution >= 0.6 is 0 Å². The molecule has 0 saturated heterocycles. The van der Waals surface area contributed by atoms with E-state index < -0.39 is 0 Å². The molecule has 2 aromatic rings. The lowest BCUT2D eigenvalue weighted by Gasteiger charge is -2.24. The first-order chi connectivity index (χ1) is 12.7. The fraction of sp³-hybridized carbons (Fsp3) is 0.458. The first-order valence-corrected chi connectivity index (χ1v) is 9.97. The monoisotopic (exact) mass is 350 g/mol. The van der Waals surface area contributed by atoms with Crippen molar-refractivity contribution in [2.75, 3.05) is 0 Å². The molecule has 0 bridgehead atoms. The Balaban J connectivity index is 1.43. The number of aryl methyl sites for hydroxylation is 1. The number of hydrogen-bond donors (Lipinski definition) is 0. The summed E-state index contributed by atoms with van der Waals surface area (Å²) in [7, 11) is 0. The Labute approximate surface area is 157 Å². The normalized spacial score (nSPS) is 20.8. The topological polar surface area (TPSA) is 26.3 Å². The highest BCUT2D eigenvalue weighted by Gasteiger charge is 2.23. The lowest BCUT2D eigenvalue weighted by molar-refractivity contribution is -0.150. The number of benzene rings is 2. The molecule has 1 saturated carbocycles. The second kappa shape index (κ2) is 9.56. The molecule has 2 heteroatoms. The molecule has 138 valence electrons. The first-order valence-electron chi connectivity index (χ1n) is 9.97. The zero-order valence-corrected chi connectivity index (χ0v) is 15.8. The quantitative estimate of drug-likeness (QED) is 0.631. The molecular formula is C24H30O2. The van der Waals surface area contributed by atoms with Crippen LogP contribution in [0.2, 0.25) is 0 Å². The standard InChI is InChI=1S/C24H30O2/c1-19-13-15-22(16-14-19)18-26-24(25)23-11-5-9-21(10-6-12-23)17-20-7-3-2-4-8-20/h2-4,7-8,13-16,21,23H,5-6,9-12,17-18H2,1H3. The molecule has 0 N–H and O–H groups in total. The van der Waals surface area contributed by atoms with Crippen LogP contribution in [0.3, 0.4) is 0 Å². The predicted octanol–water partition coefficient (Wildman–Crippen LogP) is 5.87. The summed E-state index contributed by atoms with van der Waals surface area (Å²) in [6, 6.07) is 19.0. The highest BCUT2D eigenvalue weighted by Crippen LogP contribution is 2.29. The van der Waals surface area contributed by atoms with E-state index in [1.807, 2.05) is 12.1 Å². The Morgan fingerprint density at radius 2 is 1.54 bits per heavy atom. The fourth-order valence-electron chi connectivity index (χ4n) is 3.94. The maximum absolute atomic E-state index is 12.5. The lowest BCUT2D eigenvalue weighted by atomic mass is 9.83. The van der Waals surface area contributed by atoms with Crippen LogP contribution in [0, 0.1) is 18.8 Å². The Morgan fingerprint density at radius 1 is 0.885 bits per heavy atom. The van der Waals surface area contributed by atoms with Gasteiger partial charge < -0.3 is 4.74 Å². The summed E-state index contributed by atoms with van der Waals surface area (Å²) in [5.41, 5.74) is 3.73. The van der Waals surface area contributed by atoms with Crippen molar-refractivity contribution in [2.45, 2.75) is 58.5 Å². The van der Waals surface area contributed by atoms with E-state index in [1.165, 1.54) is 30.4 Å². The van der Waals surface area contributed by atoms with Gasteiger partial charge in [-0.2, -0.15) is 0 Å². The van der Waals surface area contributed by atoms with Crippen LogP contribution in [0.5, 0.6) is 0 Å². The molecule has 0 spiro atoms. The molecule has 1 fully saturated rings. The molecule has 0 aliphatic heterocycles. The lowest BCUT2D eigenvalue weighted by Crippen LogP contribution is -2.20. The van der Waals surface area contributed by atoms with E-state index >= 15 is 0 Å². The van der Waals surface area contributed by atoms with Crippen LogP contribution in [0.15, 0.2) is 54.6 Å². The van der Waals surface area contributed by atoms with Crippen molar-refractivity contribution in [2.24, 2.45) is 11.8 Å². The van der Waals surface area contributed by atoms with Crippen LogP contribution in [0.25, 0.3) is 0 Å². The van der Waals surface area contributed by atoms with E-state index in [-0.39, 0.29) is 11.9 Å². The molecule has 26 heavy (non-hydrogen) atoms. The highest BCUT2D eigenvalue weighted by molar-refractivity contribution is 5.72. The van der Waals surface area contributed by atoms with Crippen molar-refractivity contribution in [1.82, 2.24) is 0 Å². The minimum absolute atomic E-state index is 0.00733. The fourth-order valence-corrected chi connectivity index (χ4v) is 3.94. The van der Waals surface area contributed by atoms with Gasteiger partial charge in [0.25, 0.3) is 0 Å². The number of carbonyl (C=O) groups excluding carboxylic acids is 1. The summed E-state index contributed by atoms with van der Waals surface area (Å²) in [4.78, 5) is 12.5. The van der Waals surface area contributed by atoms with Crippen LogP contribution in [0.4, 0.5) is 0 Å². The number of carbonyl (C=O) groups is 1. The SMILES string of the molecule is Cc1ccc(COC(=O)C2CCCC(Cc3ccccc3)CCC2)cc1. The molecule has 2 nitrogen and oxygen atoms in total. The van der Waals surface area contributed by atoms with Crippen LogP contribution < -0.4 is 0 Å². The van der Waals surface area contributed by atoms with Crippen molar-refractivity contribution in [3.63, 3.8) is 0 Å². The van der Waals surface area contributed by atoms with Crippen molar-refractivity contribution in [1.29, 1.82) is 0 Å². The largest absolute Gasteiger partial charge is 0.461 e. The van der Waals surface area contributed by atoms with Crippen LogP contribution in [-0.4, -0.2) is 5.97 Å². The molecule has 1 aliphatic carbocycles. The minimum atomic E-state index is -0.00733. The van der Waals surface area contributed by atoms with E-state index in [1.54, 1.807) is 0 Å². The van der Waals surface area contributed by atoms with Crippen LogP contribution in [-0.2, 0) is 22.6 Å². The van der Waals surface area contributed by atoms with E-state index in [9.17, 15) is 4.79 Å². The molecule has 2 aromatic carbocycles. The maximum atomic E-state index is 12.5. The smallest absolute Gasteiger partial charge is 0.309 e. The van der Waals surface area contributed by atoms with Gasteiger partial charge in [0.05, 0.1) is 5.92 Å². The van der Waals surface area contributed by atoms with Gasteiger partial charge >= 0.3 is 5.97 Å². The molecule has 0 radical (unpaired) electrons. The summed E-state index contributed by atoms with van der Waals surface area (Å²) in [6.45, 7) is 2.46. The van der Waals surface area contributed by atoms with Crippen LogP contribution in [0.1, 0.15) is 55.2 Å². The molecular weight excluding hydrogens is 320 g/mol. The van der Waals surface area contributed by atoms with Crippen molar-refractivity contribution < 1.29 is 9.53 Å². The number of ether oxygens (including phenoxy) is 1. The van der Waals surface area contributed by atoms with Gasteiger partial charge in [-0.25, -0.2) is 0 Å². The Kier molecular flexibility index (Phi) is 6.88. The Morgan fingerprint density at radius 3 is 2.19 bits per heavy atom. The maximum Gasteiger partial charge on any atom is 0.309 e. The first kappa shape index (κ1) is 18.7. The third kappa shape index (κ3) is 5.72. The molecule has 0 aromatic heterocycles. The highest BCUT2D eigenvalue weighted by atomic mass is 16.5. The second-order valence-electron chi connectivity index (χ2n) is 7.71. The van der Waals surface area contributed by atoms with Gasteiger partial charge in [0, 0.05) is 0 Å². The molecule has 0 unspecified atom stereocenters. The summed E-state index contributed by atoms with van der Waals surface area (Å²) in [5.74, 6) is 0.826.